The molecule has 0 atom stereocenters. The Morgan fingerprint density at radius 2 is 2.07 bits per heavy atom. The molecule has 1 aromatic rings. The standard InChI is InChI=1S/C9H8F3O.Hf/c1-2-13-8-5-3-4-7(6-8)9(10,11)12;/h3,5-6H,2H2,1H3;/q-1;. The van der Waals surface area contributed by atoms with Crippen LogP contribution in [0.1, 0.15) is 12.5 Å². The number of hydrogen-bond acceptors (Lipinski definition) is 1. The molecule has 1 rings (SSSR count). The molecule has 0 aromatic heterocycles. The van der Waals surface area contributed by atoms with Gasteiger partial charge in [-0.15, -0.1) is 12.1 Å². The van der Waals surface area contributed by atoms with Crippen LogP contribution in [0.5, 0.6) is 5.75 Å². The number of ether oxygens (including phenoxy) is 1. The van der Waals surface area contributed by atoms with Gasteiger partial charge in [-0.05, 0) is 6.92 Å². The fourth-order valence-corrected chi connectivity index (χ4v) is 0.866. The average Bonchev–Trinajstić information content (AvgIpc) is 2.04. The van der Waals surface area contributed by atoms with Crippen LogP contribution in [-0.4, -0.2) is 6.61 Å². The molecular formula is C9H8F3HfO-. The second-order valence-electron chi connectivity index (χ2n) is 2.37. The molecule has 0 amide bonds. The number of halogens is 3. The molecule has 0 saturated heterocycles. The summed E-state index contributed by atoms with van der Waals surface area (Å²) in [5.74, 6) is 0.216. The van der Waals surface area contributed by atoms with Gasteiger partial charge in [0.25, 0.3) is 0 Å². The Bertz CT molecular complexity index is 286. The molecule has 1 nitrogen and oxygen atoms in total. The molecule has 0 spiro atoms. The topological polar surface area (TPSA) is 9.23 Å². The molecule has 0 aliphatic carbocycles. The van der Waals surface area contributed by atoms with E-state index in [-0.39, 0.29) is 31.6 Å². The minimum atomic E-state index is -4.35. The van der Waals surface area contributed by atoms with Crippen LogP contribution in [0.15, 0.2) is 18.2 Å². The molecule has 0 bridgehead atoms. The van der Waals surface area contributed by atoms with Crippen molar-refractivity contribution in [1.82, 2.24) is 0 Å². The molecule has 0 aliphatic heterocycles. The van der Waals surface area contributed by atoms with Crippen LogP contribution < -0.4 is 4.74 Å². The largest absolute Gasteiger partial charge is 0.519 e. The van der Waals surface area contributed by atoms with E-state index in [4.69, 9.17) is 4.74 Å². The zero-order valence-corrected chi connectivity index (χ0v) is 11.1. The van der Waals surface area contributed by atoms with E-state index in [1.165, 1.54) is 12.1 Å². The minimum Gasteiger partial charge on any atom is -0.519 e. The molecule has 76 valence electrons. The molecule has 0 unspecified atom stereocenters. The maximum absolute atomic E-state index is 12.1. The van der Waals surface area contributed by atoms with E-state index in [1.54, 1.807) is 6.92 Å². The first-order chi connectivity index (χ1) is 6.04. The van der Waals surface area contributed by atoms with Gasteiger partial charge in [0, 0.05) is 31.6 Å². The van der Waals surface area contributed by atoms with Gasteiger partial charge in [0.05, 0.1) is 6.61 Å². The van der Waals surface area contributed by atoms with E-state index in [0.717, 1.165) is 6.07 Å². The minimum absolute atomic E-state index is 0. The fraction of sp³-hybridized carbons (Fsp3) is 0.333. The Morgan fingerprint density at radius 1 is 1.43 bits per heavy atom. The Hall–Kier alpha value is -0.320. The van der Waals surface area contributed by atoms with Crippen molar-refractivity contribution in [3.8, 4) is 5.75 Å². The van der Waals surface area contributed by atoms with Crippen molar-refractivity contribution >= 4 is 0 Å². The first kappa shape index (κ1) is 13.7. The van der Waals surface area contributed by atoms with Crippen molar-refractivity contribution in [2.75, 3.05) is 6.61 Å². The van der Waals surface area contributed by atoms with E-state index in [9.17, 15) is 13.2 Å². The summed E-state index contributed by atoms with van der Waals surface area (Å²) in [7, 11) is 0. The first-order valence-corrected chi connectivity index (χ1v) is 3.75. The first-order valence-electron chi connectivity index (χ1n) is 3.75. The van der Waals surface area contributed by atoms with Gasteiger partial charge >= 0.3 is 6.18 Å². The molecule has 1 aromatic carbocycles. The zero-order valence-electron chi connectivity index (χ0n) is 7.48. The third kappa shape index (κ3) is 3.82. The van der Waals surface area contributed by atoms with Crippen molar-refractivity contribution in [2.45, 2.75) is 13.1 Å². The van der Waals surface area contributed by atoms with Crippen LogP contribution in [0.3, 0.4) is 0 Å². The van der Waals surface area contributed by atoms with E-state index >= 15 is 0 Å². The number of alkyl halides is 3. The number of benzene rings is 1. The Kier molecular flexibility index (Phi) is 5.41. The number of rotatable bonds is 2. The maximum atomic E-state index is 12.1. The summed E-state index contributed by atoms with van der Waals surface area (Å²) in [6, 6.07) is 5.68. The molecule has 0 radical (unpaired) electrons. The second kappa shape index (κ2) is 5.53. The van der Waals surface area contributed by atoms with E-state index in [1.807, 2.05) is 0 Å². The predicted octanol–water partition coefficient (Wildman–Crippen LogP) is 2.90. The predicted molar refractivity (Wildman–Crippen MR) is 41.4 cm³/mol. The molecule has 0 saturated carbocycles. The zero-order chi connectivity index (χ0) is 9.90. The summed E-state index contributed by atoms with van der Waals surface area (Å²) in [6.45, 7) is 2.06. The van der Waals surface area contributed by atoms with Gasteiger partial charge in [0.15, 0.2) is 0 Å². The average molecular weight is 368 g/mol. The molecule has 0 heterocycles. The van der Waals surface area contributed by atoms with E-state index in [2.05, 4.69) is 6.07 Å². The third-order valence-electron chi connectivity index (χ3n) is 1.39. The Balaban J connectivity index is 0.00000169. The van der Waals surface area contributed by atoms with Gasteiger partial charge in [-0.2, -0.15) is 25.3 Å². The van der Waals surface area contributed by atoms with Gasteiger partial charge in [-0.3, -0.25) is 0 Å². The third-order valence-corrected chi connectivity index (χ3v) is 1.39. The van der Waals surface area contributed by atoms with Crippen LogP contribution in [-0.2, 0) is 32.0 Å². The summed E-state index contributed by atoms with van der Waals surface area (Å²) in [5, 5.41) is 0. The second-order valence-corrected chi connectivity index (χ2v) is 2.37. The van der Waals surface area contributed by atoms with Gasteiger partial charge in [0.1, 0.15) is 0 Å². The summed E-state index contributed by atoms with van der Waals surface area (Å²) in [6.07, 6.45) is -4.35. The summed E-state index contributed by atoms with van der Waals surface area (Å²) in [4.78, 5) is 0. The molecule has 0 fully saturated rings. The molecule has 0 N–H and O–H groups in total. The molecular weight excluding hydrogens is 360 g/mol. The summed E-state index contributed by atoms with van der Waals surface area (Å²) in [5.41, 5.74) is -0.807. The van der Waals surface area contributed by atoms with Crippen molar-refractivity contribution in [1.29, 1.82) is 0 Å². The van der Waals surface area contributed by atoms with Gasteiger partial charge < -0.3 is 4.74 Å². The Morgan fingerprint density at radius 3 is 2.57 bits per heavy atom. The van der Waals surface area contributed by atoms with E-state index in [0.29, 0.717) is 6.61 Å². The summed E-state index contributed by atoms with van der Waals surface area (Å²) >= 11 is 0. The molecule has 14 heavy (non-hydrogen) atoms. The van der Waals surface area contributed by atoms with Crippen LogP contribution >= 0.6 is 0 Å². The normalized spacial score (nSPS) is 10.6. The van der Waals surface area contributed by atoms with Crippen molar-refractivity contribution in [3.05, 3.63) is 29.8 Å². The number of hydrogen-bond donors (Lipinski definition) is 0. The quantitative estimate of drug-likeness (QED) is 0.577. The Labute approximate surface area is 99.0 Å². The summed E-state index contributed by atoms with van der Waals surface area (Å²) < 4.78 is 41.3. The SMILES string of the molecule is CCOc1cc[c-]c(C(F)(F)F)c1.[Hf]. The van der Waals surface area contributed by atoms with Crippen molar-refractivity contribution in [3.63, 3.8) is 0 Å². The maximum Gasteiger partial charge on any atom is 0.394 e. The molecule has 0 aliphatic rings. The van der Waals surface area contributed by atoms with Gasteiger partial charge in [-0.25, -0.2) is 0 Å². The van der Waals surface area contributed by atoms with Gasteiger partial charge in [-0.1, -0.05) is 5.56 Å². The van der Waals surface area contributed by atoms with Crippen molar-refractivity contribution in [2.24, 2.45) is 0 Å². The van der Waals surface area contributed by atoms with Crippen LogP contribution in [0.2, 0.25) is 0 Å². The van der Waals surface area contributed by atoms with E-state index < -0.39 is 11.7 Å². The van der Waals surface area contributed by atoms with Crippen molar-refractivity contribution < 1.29 is 43.8 Å². The van der Waals surface area contributed by atoms with Crippen LogP contribution in [0.4, 0.5) is 13.2 Å². The fourth-order valence-electron chi connectivity index (χ4n) is 0.866. The monoisotopic (exact) mass is 369 g/mol. The molecule has 5 heteroatoms. The van der Waals surface area contributed by atoms with Gasteiger partial charge in [0.2, 0.25) is 0 Å². The van der Waals surface area contributed by atoms with Crippen LogP contribution in [0.25, 0.3) is 0 Å². The van der Waals surface area contributed by atoms with Crippen LogP contribution in [0, 0.1) is 6.07 Å². The smallest absolute Gasteiger partial charge is 0.394 e.